The molecule has 0 bridgehead atoms. The van der Waals surface area contributed by atoms with E-state index in [4.69, 9.17) is 4.74 Å². The Labute approximate surface area is 64.8 Å². The fourth-order valence-corrected chi connectivity index (χ4v) is 0.745. The number of nitrogens with zero attached hydrogens (tertiary/aromatic N) is 2. The predicted octanol–water partition coefficient (Wildman–Crippen LogP) is 1.20. The molecule has 0 aliphatic rings. The summed E-state index contributed by atoms with van der Waals surface area (Å²) >= 11 is 0. The lowest BCUT2D eigenvalue weighted by atomic mass is 10.5. The minimum Gasteiger partial charge on any atom is -0.449 e. The summed E-state index contributed by atoms with van der Waals surface area (Å²) in [5, 5.41) is 0. The van der Waals surface area contributed by atoms with Crippen LogP contribution in [0.15, 0.2) is 12.5 Å². The van der Waals surface area contributed by atoms with Gasteiger partial charge in [-0.3, -0.25) is 0 Å². The van der Waals surface area contributed by atoms with Gasteiger partial charge in [0.15, 0.2) is 0 Å². The van der Waals surface area contributed by atoms with Crippen LogP contribution in [-0.4, -0.2) is 22.3 Å². The predicted molar refractivity (Wildman–Crippen MR) is 39.4 cm³/mol. The van der Waals surface area contributed by atoms with E-state index in [2.05, 4.69) is 4.98 Å². The minimum atomic E-state index is -0.373. The summed E-state index contributed by atoms with van der Waals surface area (Å²) < 4.78 is 6.12. The Balaban J connectivity index is 2.76. The Hall–Kier alpha value is -1.32. The van der Waals surface area contributed by atoms with Crippen molar-refractivity contribution in [3.05, 3.63) is 18.2 Å². The standard InChI is InChI=1S/C7H10N2O2/c1-3-11-7(10)9-5-8-4-6(9)2/h4-5H,3H2,1-2H3. The molecule has 4 nitrogen and oxygen atoms in total. The smallest absolute Gasteiger partial charge is 0.419 e. The molecule has 60 valence electrons. The van der Waals surface area contributed by atoms with Gasteiger partial charge >= 0.3 is 6.09 Å². The van der Waals surface area contributed by atoms with Gasteiger partial charge in [0, 0.05) is 11.9 Å². The highest BCUT2D eigenvalue weighted by Crippen LogP contribution is 1.97. The van der Waals surface area contributed by atoms with Crippen LogP contribution in [0.5, 0.6) is 0 Å². The van der Waals surface area contributed by atoms with E-state index in [9.17, 15) is 4.79 Å². The summed E-state index contributed by atoms with van der Waals surface area (Å²) in [6.07, 6.45) is 2.67. The lowest BCUT2D eigenvalue weighted by Gasteiger charge is -2.01. The lowest BCUT2D eigenvalue weighted by molar-refractivity contribution is 0.153. The first kappa shape index (κ1) is 7.78. The zero-order valence-electron chi connectivity index (χ0n) is 6.57. The molecule has 0 N–H and O–H groups in total. The molecule has 11 heavy (non-hydrogen) atoms. The van der Waals surface area contributed by atoms with Crippen LogP contribution >= 0.6 is 0 Å². The van der Waals surface area contributed by atoms with E-state index in [1.54, 1.807) is 20.0 Å². The highest BCUT2D eigenvalue weighted by Gasteiger charge is 2.05. The minimum absolute atomic E-state index is 0.373. The second-order valence-corrected chi connectivity index (χ2v) is 2.10. The van der Waals surface area contributed by atoms with Gasteiger partial charge < -0.3 is 4.74 Å². The molecule has 0 aromatic carbocycles. The van der Waals surface area contributed by atoms with Crippen LogP contribution in [-0.2, 0) is 4.74 Å². The van der Waals surface area contributed by atoms with Crippen molar-refractivity contribution in [3.8, 4) is 0 Å². The second kappa shape index (κ2) is 3.18. The van der Waals surface area contributed by atoms with Gasteiger partial charge in [-0.1, -0.05) is 0 Å². The summed E-state index contributed by atoms with van der Waals surface area (Å²) in [5.74, 6) is 0. The van der Waals surface area contributed by atoms with Gasteiger partial charge in [-0.25, -0.2) is 14.3 Å². The number of hydrogen-bond acceptors (Lipinski definition) is 3. The van der Waals surface area contributed by atoms with Gasteiger partial charge in [0.25, 0.3) is 0 Å². The Bertz CT molecular complexity index is 255. The number of aromatic nitrogens is 2. The third-order valence-corrected chi connectivity index (χ3v) is 1.29. The SMILES string of the molecule is CCOC(=O)n1cncc1C. The first-order chi connectivity index (χ1) is 5.25. The largest absolute Gasteiger partial charge is 0.449 e. The maximum absolute atomic E-state index is 11.0. The molecule has 0 aliphatic carbocycles. The van der Waals surface area contributed by atoms with Crippen LogP contribution < -0.4 is 0 Å². The van der Waals surface area contributed by atoms with Crippen LogP contribution in [0.2, 0.25) is 0 Å². The van der Waals surface area contributed by atoms with Gasteiger partial charge in [-0.2, -0.15) is 0 Å². The van der Waals surface area contributed by atoms with Crippen molar-refractivity contribution in [1.29, 1.82) is 0 Å². The van der Waals surface area contributed by atoms with Crippen molar-refractivity contribution in [2.75, 3.05) is 6.61 Å². The summed E-state index contributed by atoms with van der Waals surface area (Å²) in [5.41, 5.74) is 0.781. The Morgan fingerprint density at radius 1 is 1.82 bits per heavy atom. The van der Waals surface area contributed by atoms with E-state index in [0.29, 0.717) is 6.61 Å². The normalized spacial score (nSPS) is 9.64. The lowest BCUT2D eigenvalue weighted by Crippen LogP contribution is -2.13. The van der Waals surface area contributed by atoms with Crippen molar-refractivity contribution in [1.82, 2.24) is 9.55 Å². The number of carbonyl (C=O) groups is 1. The number of rotatable bonds is 1. The van der Waals surface area contributed by atoms with E-state index < -0.39 is 0 Å². The van der Waals surface area contributed by atoms with Crippen molar-refractivity contribution in [3.63, 3.8) is 0 Å². The fourth-order valence-electron chi connectivity index (χ4n) is 0.745. The maximum Gasteiger partial charge on any atom is 0.419 e. The van der Waals surface area contributed by atoms with E-state index in [-0.39, 0.29) is 6.09 Å². The third kappa shape index (κ3) is 1.58. The molecule has 4 heteroatoms. The molecule has 1 aromatic rings. The van der Waals surface area contributed by atoms with E-state index >= 15 is 0 Å². The van der Waals surface area contributed by atoms with Crippen LogP contribution in [0.25, 0.3) is 0 Å². The molecule has 0 saturated heterocycles. The highest BCUT2D eigenvalue weighted by molar-refractivity contribution is 5.70. The molecule has 1 aromatic heterocycles. The Morgan fingerprint density at radius 2 is 2.55 bits per heavy atom. The first-order valence-corrected chi connectivity index (χ1v) is 3.41. The Kier molecular flexibility index (Phi) is 2.25. The number of aryl methyl sites for hydroxylation is 1. The summed E-state index contributed by atoms with van der Waals surface area (Å²) in [6.45, 7) is 3.95. The van der Waals surface area contributed by atoms with E-state index in [1.165, 1.54) is 10.9 Å². The summed E-state index contributed by atoms with van der Waals surface area (Å²) in [6, 6.07) is 0. The van der Waals surface area contributed by atoms with Crippen molar-refractivity contribution < 1.29 is 9.53 Å². The van der Waals surface area contributed by atoms with Crippen LogP contribution in [0, 0.1) is 6.92 Å². The second-order valence-electron chi connectivity index (χ2n) is 2.10. The van der Waals surface area contributed by atoms with Crippen LogP contribution in [0.3, 0.4) is 0 Å². The molecule has 0 atom stereocenters. The highest BCUT2D eigenvalue weighted by atomic mass is 16.5. The Morgan fingerprint density at radius 3 is 3.00 bits per heavy atom. The van der Waals surface area contributed by atoms with Gasteiger partial charge in [0.05, 0.1) is 6.61 Å². The molecule has 0 unspecified atom stereocenters. The van der Waals surface area contributed by atoms with E-state index in [1.807, 2.05) is 0 Å². The molecule has 0 radical (unpaired) electrons. The van der Waals surface area contributed by atoms with Gasteiger partial charge in [0.1, 0.15) is 6.33 Å². The molecule has 0 spiro atoms. The molecule has 0 aliphatic heterocycles. The molecule has 1 rings (SSSR count). The average Bonchev–Trinajstić information content (AvgIpc) is 2.36. The zero-order chi connectivity index (χ0) is 8.27. The first-order valence-electron chi connectivity index (χ1n) is 3.41. The molecular weight excluding hydrogens is 144 g/mol. The van der Waals surface area contributed by atoms with Crippen molar-refractivity contribution in [2.24, 2.45) is 0 Å². The van der Waals surface area contributed by atoms with Crippen molar-refractivity contribution in [2.45, 2.75) is 13.8 Å². The molecule has 1 heterocycles. The molecule has 0 saturated carbocycles. The molecular formula is C7H10N2O2. The topological polar surface area (TPSA) is 44.1 Å². The summed E-state index contributed by atoms with van der Waals surface area (Å²) in [4.78, 5) is 14.8. The number of hydrogen-bond donors (Lipinski definition) is 0. The van der Waals surface area contributed by atoms with Gasteiger partial charge in [-0.15, -0.1) is 0 Å². The monoisotopic (exact) mass is 154 g/mol. The fraction of sp³-hybridized carbons (Fsp3) is 0.429. The third-order valence-electron chi connectivity index (χ3n) is 1.29. The van der Waals surface area contributed by atoms with Crippen LogP contribution in [0.4, 0.5) is 4.79 Å². The van der Waals surface area contributed by atoms with Gasteiger partial charge in [-0.05, 0) is 13.8 Å². The van der Waals surface area contributed by atoms with Crippen molar-refractivity contribution >= 4 is 6.09 Å². The molecule has 0 fully saturated rings. The number of imidazole rings is 1. The number of carbonyl (C=O) groups excluding carboxylic acids is 1. The zero-order valence-corrected chi connectivity index (χ0v) is 6.57. The van der Waals surface area contributed by atoms with Gasteiger partial charge in [0.2, 0.25) is 0 Å². The van der Waals surface area contributed by atoms with Crippen LogP contribution in [0.1, 0.15) is 12.6 Å². The number of ether oxygens (including phenoxy) is 1. The summed E-state index contributed by atoms with van der Waals surface area (Å²) in [7, 11) is 0. The molecule has 0 amide bonds. The average molecular weight is 154 g/mol. The van der Waals surface area contributed by atoms with E-state index in [0.717, 1.165) is 5.69 Å². The maximum atomic E-state index is 11.0. The quantitative estimate of drug-likeness (QED) is 0.610.